The molecular formula is C14H16N4O2S. The van der Waals surface area contributed by atoms with Gasteiger partial charge in [-0.3, -0.25) is 0 Å². The van der Waals surface area contributed by atoms with E-state index in [9.17, 15) is 9.90 Å². The Labute approximate surface area is 126 Å². The van der Waals surface area contributed by atoms with Gasteiger partial charge in [0.15, 0.2) is 5.16 Å². The number of nitrogen functional groups attached to an aromatic ring is 1. The first-order valence-corrected chi connectivity index (χ1v) is 7.43. The van der Waals surface area contributed by atoms with E-state index < -0.39 is 5.97 Å². The molecule has 7 heteroatoms. The second-order valence-electron chi connectivity index (χ2n) is 4.57. The summed E-state index contributed by atoms with van der Waals surface area (Å²) in [6.07, 6.45) is 3.12. The number of benzene rings is 1. The molecule has 2 rings (SSSR count). The fraction of sp³-hybridized carbons (Fsp3) is 0.214. The Bertz CT molecular complexity index is 704. The molecular weight excluding hydrogens is 288 g/mol. The van der Waals surface area contributed by atoms with Crippen molar-refractivity contribution in [3.63, 3.8) is 0 Å². The molecule has 0 radical (unpaired) electrons. The van der Waals surface area contributed by atoms with Gasteiger partial charge < -0.3 is 16.2 Å². The van der Waals surface area contributed by atoms with Gasteiger partial charge in [-0.2, -0.15) is 0 Å². The molecule has 0 saturated carbocycles. The molecule has 1 heterocycles. The van der Waals surface area contributed by atoms with Crippen LogP contribution in [0, 0.1) is 13.8 Å². The minimum Gasteiger partial charge on any atom is -0.477 e. The molecule has 6 nitrogen and oxygen atoms in total. The summed E-state index contributed by atoms with van der Waals surface area (Å²) in [5.74, 6) is -0.857. The lowest BCUT2D eigenvalue weighted by Gasteiger charge is -2.13. The Morgan fingerprint density at radius 1 is 1.33 bits per heavy atom. The molecule has 1 aromatic carbocycles. The van der Waals surface area contributed by atoms with Crippen LogP contribution in [-0.4, -0.2) is 27.3 Å². The number of aryl methyl sites for hydroxylation is 2. The largest absolute Gasteiger partial charge is 0.477 e. The summed E-state index contributed by atoms with van der Waals surface area (Å²) in [5, 5.41) is 12.7. The number of hydrogen-bond donors (Lipinski definition) is 3. The summed E-state index contributed by atoms with van der Waals surface area (Å²) in [5.41, 5.74) is 9.28. The second-order valence-corrected chi connectivity index (χ2v) is 5.35. The highest BCUT2D eigenvalue weighted by atomic mass is 32.2. The van der Waals surface area contributed by atoms with Crippen molar-refractivity contribution >= 4 is 34.9 Å². The zero-order valence-electron chi connectivity index (χ0n) is 12.0. The third-order valence-corrected chi connectivity index (χ3v) is 3.66. The predicted molar refractivity (Wildman–Crippen MR) is 84.4 cm³/mol. The molecule has 0 saturated heterocycles. The Kier molecular flexibility index (Phi) is 4.32. The Morgan fingerprint density at radius 3 is 2.62 bits per heavy atom. The zero-order chi connectivity index (χ0) is 15.6. The van der Waals surface area contributed by atoms with Gasteiger partial charge >= 0.3 is 5.97 Å². The molecule has 2 aromatic rings. The van der Waals surface area contributed by atoms with Crippen LogP contribution in [0.25, 0.3) is 0 Å². The van der Waals surface area contributed by atoms with Crippen molar-refractivity contribution in [2.45, 2.75) is 19.0 Å². The van der Waals surface area contributed by atoms with Crippen LogP contribution in [0.1, 0.15) is 21.5 Å². The molecule has 0 amide bonds. The van der Waals surface area contributed by atoms with Gasteiger partial charge in [-0.1, -0.05) is 11.8 Å². The van der Waals surface area contributed by atoms with Gasteiger partial charge in [-0.05, 0) is 43.4 Å². The van der Waals surface area contributed by atoms with E-state index in [1.165, 1.54) is 18.0 Å². The molecule has 0 bridgehead atoms. The van der Waals surface area contributed by atoms with E-state index >= 15 is 0 Å². The molecule has 0 atom stereocenters. The van der Waals surface area contributed by atoms with Crippen molar-refractivity contribution in [2.24, 2.45) is 0 Å². The maximum absolute atomic E-state index is 11.3. The smallest absolute Gasteiger partial charge is 0.341 e. The molecule has 0 aliphatic heterocycles. The van der Waals surface area contributed by atoms with Crippen molar-refractivity contribution < 1.29 is 9.90 Å². The van der Waals surface area contributed by atoms with Gasteiger partial charge in [0.25, 0.3) is 0 Å². The number of aromatic nitrogens is 2. The van der Waals surface area contributed by atoms with Gasteiger partial charge in [0, 0.05) is 6.20 Å². The maximum atomic E-state index is 11.3. The standard InChI is InChI=1S/C14H16N4O2S/c1-7-4-10(15)11(5-8(7)2)17-12-9(13(19)20)6-16-14(18-12)21-3/h4-6H,15H2,1-3H3,(H,19,20)(H,16,17,18). The second kappa shape index (κ2) is 6.01. The minimum atomic E-state index is -1.09. The van der Waals surface area contributed by atoms with Crippen molar-refractivity contribution in [3.8, 4) is 0 Å². The first-order valence-electron chi connectivity index (χ1n) is 6.20. The molecule has 0 unspecified atom stereocenters. The SMILES string of the molecule is CSc1ncc(C(=O)O)c(Nc2cc(C)c(C)cc2N)n1. The highest BCUT2D eigenvalue weighted by Gasteiger charge is 2.15. The fourth-order valence-corrected chi connectivity index (χ4v) is 2.13. The molecule has 0 spiro atoms. The molecule has 0 fully saturated rings. The Morgan fingerprint density at radius 2 is 2.00 bits per heavy atom. The highest BCUT2D eigenvalue weighted by Crippen LogP contribution is 2.27. The number of carboxylic acids is 1. The van der Waals surface area contributed by atoms with Crippen LogP contribution in [0.4, 0.5) is 17.2 Å². The fourth-order valence-electron chi connectivity index (χ4n) is 1.79. The number of carboxylic acid groups (broad SMARTS) is 1. The van der Waals surface area contributed by atoms with Crippen molar-refractivity contribution in [1.82, 2.24) is 9.97 Å². The number of aromatic carboxylic acids is 1. The first kappa shape index (κ1) is 15.1. The average molecular weight is 304 g/mol. The lowest BCUT2D eigenvalue weighted by Crippen LogP contribution is -2.08. The minimum absolute atomic E-state index is 0.00503. The number of carbonyl (C=O) groups is 1. The lowest BCUT2D eigenvalue weighted by atomic mass is 10.1. The van der Waals surface area contributed by atoms with Crippen LogP contribution in [0.15, 0.2) is 23.5 Å². The molecule has 21 heavy (non-hydrogen) atoms. The van der Waals surface area contributed by atoms with Gasteiger partial charge in [0.05, 0.1) is 11.4 Å². The van der Waals surface area contributed by atoms with Crippen LogP contribution in [0.2, 0.25) is 0 Å². The molecule has 4 N–H and O–H groups in total. The molecule has 0 aliphatic carbocycles. The van der Waals surface area contributed by atoms with Gasteiger partial charge in [0.2, 0.25) is 0 Å². The van der Waals surface area contributed by atoms with E-state index in [0.29, 0.717) is 16.5 Å². The van der Waals surface area contributed by atoms with Gasteiger partial charge in [-0.15, -0.1) is 0 Å². The van der Waals surface area contributed by atoms with Crippen molar-refractivity contribution in [3.05, 3.63) is 35.0 Å². The van der Waals surface area contributed by atoms with E-state index in [4.69, 9.17) is 5.73 Å². The monoisotopic (exact) mass is 304 g/mol. The van der Waals surface area contributed by atoms with E-state index in [-0.39, 0.29) is 11.4 Å². The quantitative estimate of drug-likeness (QED) is 0.453. The van der Waals surface area contributed by atoms with Crippen LogP contribution in [0.3, 0.4) is 0 Å². The van der Waals surface area contributed by atoms with E-state index in [1.807, 2.05) is 32.2 Å². The Balaban J connectivity index is 2.47. The maximum Gasteiger partial charge on any atom is 0.341 e. The van der Waals surface area contributed by atoms with Crippen molar-refractivity contribution in [2.75, 3.05) is 17.3 Å². The normalized spacial score (nSPS) is 10.4. The number of rotatable bonds is 4. The molecule has 1 aromatic heterocycles. The van der Waals surface area contributed by atoms with Crippen LogP contribution in [0.5, 0.6) is 0 Å². The number of hydrogen-bond acceptors (Lipinski definition) is 6. The summed E-state index contributed by atoms with van der Waals surface area (Å²) in [6.45, 7) is 3.93. The number of nitrogens with one attached hydrogen (secondary N) is 1. The third-order valence-electron chi connectivity index (χ3n) is 3.10. The third kappa shape index (κ3) is 3.25. The predicted octanol–water partition coefficient (Wildman–Crippen LogP) is 2.84. The average Bonchev–Trinajstić information content (AvgIpc) is 2.44. The first-order chi connectivity index (χ1) is 9.92. The van der Waals surface area contributed by atoms with Gasteiger partial charge in [0.1, 0.15) is 11.4 Å². The van der Waals surface area contributed by atoms with E-state index in [1.54, 1.807) is 0 Å². The summed E-state index contributed by atoms with van der Waals surface area (Å²) in [6, 6.07) is 3.71. The summed E-state index contributed by atoms with van der Waals surface area (Å²) < 4.78 is 0. The topological polar surface area (TPSA) is 101 Å². The Hall–Kier alpha value is -2.28. The molecule has 110 valence electrons. The number of nitrogens with two attached hydrogens (primary N) is 1. The van der Waals surface area contributed by atoms with Crippen LogP contribution < -0.4 is 11.1 Å². The zero-order valence-corrected chi connectivity index (χ0v) is 12.8. The highest BCUT2D eigenvalue weighted by molar-refractivity contribution is 7.98. The summed E-state index contributed by atoms with van der Waals surface area (Å²) >= 11 is 1.34. The molecule has 0 aliphatic rings. The number of anilines is 3. The van der Waals surface area contributed by atoms with Crippen molar-refractivity contribution in [1.29, 1.82) is 0 Å². The number of nitrogens with zero attached hydrogens (tertiary/aromatic N) is 2. The van der Waals surface area contributed by atoms with Gasteiger partial charge in [-0.25, -0.2) is 14.8 Å². The van der Waals surface area contributed by atoms with Crippen LogP contribution in [-0.2, 0) is 0 Å². The lowest BCUT2D eigenvalue weighted by molar-refractivity contribution is 0.0697. The summed E-state index contributed by atoms with van der Waals surface area (Å²) in [4.78, 5) is 19.4. The van der Waals surface area contributed by atoms with Crippen LogP contribution >= 0.6 is 11.8 Å². The number of thioether (sulfide) groups is 1. The van der Waals surface area contributed by atoms with E-state index in [2.05, 4.69) is 15.3 Å². The van der Waals surface area contributed by atoms with E-state index in [0.717, 1.165) is 11.1 Å². The summed E-state index contributed by atoms with van der Waals surface area (Å²) in [7, 11) is 0.